The molecular formula is C15H22O3. The summed E-state index contributed by atoms with van der Waals surface area (Å²) in [5.74, 6) is -1.26. The van der Waals surface area contributed by atoms with Gasteiger partial charge in [0, 0.05) is 11.1 Å². The summed E-state index contributed by atoms with van der Waals surface area (Å²) in [6, 6.07) is 0. The number of hydrogen-bond donors (Lipinski definition) is 1. The van der Waals surface area contributed by atoms with Gasteiger partial charge in [-0.25, -0.2) is 4.79 Å². The first-order chi connectivity index (χ1) is 8.25. The minimum Gasteiger partial charge on any atom is -0.478 e. The lowest BCUT2D eigenvalue weighted by Gasteiger charge is -2.02. The summed E-state index contributed by atoms with van der Waals surface area (Å²) in [5.41, 5.74) is 2.62. The summed E-state index contributed by atoms with van der Waals surface area (Å²) in [4.78, 5) is 22.5. The number of carboxylic acids is 1. The first-order valence-electron chi connectivity index (χ1n) is 6.01. The molecule has 0 saturated heterocycles. The van der Waals surface area contributed by atoms with E-state index < -0.39 is 5.97 Å². The van der Waals surface area contributed by atoms with Crippen molar-refractivity contribution in [3.63, 3.8) is 0 Å². The van der Waals surface area contributed by atoms with Crippen LogP contribution in [0.4, 0.5) is 0 Å². The lowest BCUT2D eigenvalue weighted by atomic mass is 10.0. The van der Waals surface area contributed by atoms with E-state index >= 15 is 0 Å². The van der Waals surface area contributed by atoms with E-state index in [0.717, 1.165) is 18.4 Å². The number of aliphatic carboxylic acids is 1. The molecule has 1 N–H and O–H groups in total. The quantitative estimate of drug-likeness (QED) is 0.578. The third kappa shape index (κ3) is 6.18. The highest BCUT2D eigenvalue weighted by Crippen LogP contribution is 2.11. The lowest BCUT2D eigenvalue weighted by Crippen LogP contribution is -2.06. The van der Waals surface area contributed by atoms with Crippen LogP contribution in [0.5, 0.6) is 0 Å². The standard InChI is InChI=1S/C15H22O3/c1-10(2)7-6-8-11(3)9-14(16)12(4)13(5)15(17)18/h7,9H,6,8H2,1-5H3,(H,17,18)/b11-9+,13-12-. The summed E-state index contributed by atoms with van der Waals surface area (Å²) < 4.78 is 0. The molecule has 3 heteroatoms. The monoisotopic (exact) mass is 250 g/mol. The Morgan fingerprint density at radius 2 is 1.56 bits per heavy atom. The lowest BCUT2D eigenvalue weighted by molar-refractivity contribution is -0.132. The van der Waals surface area contributed by atoms with Gasteiger partial charge in [-0.15, -0.1) is 0 Å². The Bertz CT molecular complexity index is 419. The van der Waals surface area contributed by atoms with E-state index in [0.29, 0.717) is 5.57 Å². The van der Waals surface area contributed by atoms with Crippen molar-refractivity contribution in [1.82, 2.24) is 0 Å². The molecule has 0 rings (SSSR count). The number of allylic oxidation sites excluding steroid dienone is 5. The highest BCUT2D eigenvalue weighted by molar-refractivity contribution is 6.08. The molecule has 0 aromatic carbocycles. The third-order valence-electron chi connectivity index (χ3n) is 2.72. The van der Waals surface area contributed by atoms with Gasteiger partial charge >= 0.3 is 5.97 Å². The van der Waals surface area contributed by atoms with Crippen LogP contribution in [0.3, 0.4) is 0 Å². The van der Waals surface area contributed by atoms with E-state index in [1.165, 1.54) is 18.6 Å². The highest BCUT2D eigenvalue weighted by Gasteiger charge is 2.10. The van der Waals surface area contributed by atoms with Gasteiger partial charge in [-0.3, -0.25) is 4.79 Å². The fourth-order valence-electron chi connectivity index (χ4n) is 1.34. The molecule has 0 aliphatic rings. The Balaban J connectivity index is 4.68. The maximum absolute atomic E-state index is 11.8. The number of rotatable bonds is 6. The number of carbonyl (C=O) groups is 2. The Morgan fingerprint density at radius 3 is 2.00 bits per heavy atom. The summed E-state index contributed by atoms with van der Waals surface area (Å²) in [7, 11) is 0. The first-order valence-corrected chi connectivity index (χ1v) is 6.01. The summed E-state index contributed by atoms with van der Waals surface area (Å²) in [5, 5.41) is 8.80. The minimum atomic E-state index is -1.04. The van der Waals surface area contributed by atoms with Crippen LogP contribution in [0.15, 0.2) is 34.4 Å². The minimum absolute atomic E-state index is 0.105. The summed E-state index contributed by atoms with van der Waals surface area (Å²) in [6.45, 7) is 8.95. The van der Waals surface area contributed by atoms with Crippen molar-refractivity contribution in [3.8, 4) is 0 Å². The fraction of sp³-hybridized carbons (Fsp3) is 0.467. The highest BCUT2D eigenvalue weighted by atomic mass is 16.4. The molecule has 18 heavy (non-hydrogen) atoms. The van der Waals surface area contributed by atoms with Crippen molar-refractivity contribution in [2.24, 2.45) is 0 Å². The zero-order valence-corrected chi connectivity index (χ0v) is 11.8. The topological polar surface area (TPSA) is 54.4 Å². The molecule has 0 amide bonds. The molecule has 0 radical (unpaired) electrons. The van der Waals surface area contributed by atoms with Gasteiger partial charge in [0.2, 0.25) is 0 Å². The van der Waals surface area contributed by atoms with Gasteiger partial charge in [0.15, 0.2) is 5.78 Å². The van der Waals surface area contributed by atoms with E-state index in [9.17, 15) is 9.59 Å². The van der Waals surface area contributed by atoms with Crippen LogP contribution in [0.2, 0.25) is 0 Å². The molecule has 100 valence electrons. The average Bonchev–Trinajstić information content (AvgIpc) is 2.26. The predicted molar refractivity (Wildman–Crippen MR) is 73.4 cm³/mol. The zero-order chi connectivity index (χ0) is 14.3. The molecule has 0 saturated carbocycles. The Labute approximate surface area is 109 Å². The SMILES string of the molecule is CC(C)=CCC/C(C)=C/C(=O)/C(C)=C(/C)C(=O)O. The second kappa shape index (κ2) is 7.64. The molecule has 0 unspecified atom stereocenters. The van der Waals surface area contributed by atoms with Crippen LogP contribution in [0.1, 0.15) is 47.5 Å². The Morgan fingerprint density at radius 1 is 1.00 bits per heavy atom. The molecule has 3 nitrogen and oxygen atoms in total. The molecule has 0 heterocycles. The van der Waals surface area contributed by atoms with Gasteiger partial charge in [0.1, 0.15) is 0 Å². The van der Waals surface area contributed by atoms with Crippen molar-refractivity contribution in [1.29, 1.82) is 0 Å². The van der Waals surface area contributed by atoms with Crippen molar-refractivity contribution < 1.29 is 14.7 Å². The second-order valence-corrected chi connectivity index (χ2v) is 4.73. The largest absolute Gasteiger partial charge is 0.478 e. The molecule has 0 atom stereocenters. The van der Waals surface area contributed by atoms with Gasteiger partial charge < -0.3 is 5.11 Å². The molecule has 0 aromatic heterocycles. The van der Waals surface area contributed by atoms with Gasteiger partial charge in [-0.2, -0.15) is 0 Å². The maximum atomic E-state index is 11.8. The van der Waals surface area contributed by atoms with E-state index in [2.05, 4.69) is 6.08 Å². The van der Waals surface area contributed by atoms with Crippen LogP contribution >= 0.6 is 0 Å². The number of carboxylic acid groups (broad SMARTS) is 1. The molecule has 0 aromatic rings. The zero-order valence-electron chi connectivity index (χ0n) is 11.8. The molecule has 0 bridgehead atoms. The van der Waals surface area contributed by atoms with Gasteiger partial charge in [-0.05, 0) is 53.5 Å². The van der Waals surface area contributed by atoms with Crippen LogP contribution < -0.4 is 0 Å². The van der Waals surface area contributed by atoms with Gasteiger partial charge in [0.05, 0.1) is 0 Å². The van der Waals surface area contributed by atoms with Gasteiger partial charge in [0.25, 0.3) is 0 Å². The van der Waals surface area contributed by atoms with Crippen molar-refractivity contribution >= 4 is 11.8 Å². The molecule has 0 fully saturated rings. The number of ketones is 1. The molecular weight excluding hydrogens is 228 g/mol. The fourth-order valence-corrected chi connectivity index (χ4v) is 1.34. The number of hydrogen-bond acceptors (Lipinski definition) is 2. The van der Waals surface area contributed by atoms with Crippen LogP contribution in [0, 0.1) is 0 Å². The van der Waals surface area contributed by atoms with Crippen LogP contribution in [-0.2, 0) is 9.59 Å². The second-order valence-electron chi connectivity index (χ2n) is 4.73. The first kappa shape index (κ1) is 16.4. The third-order valence-corrected chi connectivity index (χ3v) is 2.72. The number of carbonyl (C=O) groups excluding carboxylic acids is 1. The van der Waals surface area contributed by atoms with Crippen LogP contribution in [0.25, 0.3) is 0 Å². The summed E-state index contributed by atoms with van der Waals surface area (Å²) in [6.07, 6.45) is 5.36. The smallest absolute Gasteiger partial charge is 0.331 e. The predicted octanol–water partition coefficient (Wildman–Crippen LogP) is 3.67. The molecule has 0 aliphatic carbocycles. The maximum Gasteiger partial charge on any atom is 0.331 e. The van der Waals surface area contributed by atoms with Gasteiger partial charge in [-0.1, -0.05) is 17.2 Å². The van der Waals surface area contributed by atoms with E-state index in [1.807, 2.05) is 20.8 Å². The van der Waals surface area contributed by atoms with E-state index in [1.54, 1.807) is 6.92 Å². The normalized spacial score (nSPS) is 12.8. The van der Waals surface area contributed by atoms with E-state index in [-0.39, 0.29) is 11.4 Å². The van der Waals surface area contributed by atoms with Crippen molar-refractivity contribution in [3.05, 3.63) is 34.4 Å². The van der Waals surface area contributed by atoms with Crippen molar-refractivity contribution in [2.45, 2.75) is 47.5 Å². The average molecular weight is 250 g/mol. The van der Waals surface area contributed by atoms with E-state index in [4.69, 9.17) is 5.11 Å². The van der Waals surface area contributed by atoms with Crippen LogP contribution in [-0.4, -0.2) is 16.9 Å². The molecule has 0 aliphatic heterocycles. The summed E-state index contributed by atoms with van der Waals surface area (Å²) >= 11 is 0. The van der Waals surface area contributed by atoms with Crippen molar-refractivity contribution in [2.75, 3.05) is 0 Å². The molecule has 0 spiro atoms. The Hall–Kier alpha value is -1.64. The Kier molecular flexibility index (Phi) is 6.94.